The van der Waals surface area contributed by atoms with Crippen molar-refractivity contribution in [1.82, 2.24) is 5.32 Å². The fourth-order valence-corrected chi connectivity index (χ4v) is 1.62. The third-order valence-electron chi connectivity index (χ3n) is 2.58. The largest absolute Gasteiger partial charge is 0.454 e. The predicted molar refractivity (Wildman–Crippen MR) is 64.3 cm³/mol. The highest BCUT2D eigenvalue weighted by Gasteiger charge is 2.14. The van der Waals surface area contributed by atoms with Crippen molar-refractivity contribution in [3.05, 3.63) is 23.8 Å². The summed E-state index contributed by atoms with van der Waals surface area (Å²) in [6.07, 6.45) is 0. The molecule has 0 saturated heterocycles. The van der Waals surface area contributed by atoms with Gasteiger partial charge in [0.2, 0.25) is 12.7 Å². The minimum absolute atomic E-state index is 0.0438. The van der Waals surface area contributed by atoms with Crippen molar-refractivity contribution in [3.63, 3.8) is 0 Å². The van der Waals surface area contributed by atoms with E-state index in [0.717, 1.165) is 17.1 Å². The van der Waals surface area contributed by atoms with Gasteiger partial charge in [0.25, 0.3) is 0 Å². The number of hydrogen-bond acceptors (Lipinski definition) is 3. The number of nitrogens with one attached hydrogen (secondary N) is 1. The van der Waals surface area contributed by atoms with Crippen LogP contribution in [-0.2, 0) is 11.3 Å². The molecule has 1 aromatic carbocycles. The zero-order valence-electron chi connectivity index (χ0n) is 9.53. The van der Waals surface area contributed by atoms with Gasteiger partial charge < -0.3 is 14.8 Å². The van der Waals surface area contributed by atoms with Crippen LogP contribution < -0.4 is 14.8 Å². The van der Waals surface area contributed by atoms with Gasteiger partial charge in [-0.05, 0) is 17.7 Å². The molecule has 1 heterocycles. The van der Waals surface area contributed by atoms with Gasteiger partial charge in [-0.25, -0.2) is 0 Å². The molecule has 17 heavy (non-hydrogen) atoms. The standard InChI is InChI=1S/C12H14ClNO3/c1-8(5-13)12(15)14-6-9-2-3-10-11(4-9)17-7-16-10/h2-4,8H,5-7H2,1H3,(H,14,15). The third kappa shape index (κ3) is 2.82. The summed E-state index contributed by atoms with van der Waals surface area (Å²) in [7, 11) is 0. The van der Waals surface area contributed by atoms with Gasteiger partial charge in [0.05, 0.1) is 0 Å². The lowest BCUT2D eigenvalue weighted by Gasteiger charge is -2.09. The summed E-state index contributed by atoms with van der Waals surface area (Å²) < 4.78 is 10.5. The zero-order valence-corrected chi connectivity index (χ0v) is 10.3. The second-order valence-electron chi connectivity index (χ2n) is 3.96. The van der Waals surface area contributed by atoms with Crippen LogP contribution in [0, 0.1) is 5.92 Å². The van der Waals surface area contributed by atoms with Crippen LogP contribution in [0.3, 0.4) is 0 Å². The molecule has 0 saturated carbocycles. The summed E-state index contributed by atoms with van der Waals surface area (Å²) in [6, 6.07) is 5.61. The van der Waals surface area contributed by atoms with E-state index in [2.05, 4.69) is 5.32 Å². The summed E-state index contributed by atoms with van der Waals surface area (Å²) in [4.78, 5) is 11.5. The SMILES string of the molecule is CC(CCl)C(=O)NCc1ccc2c(c1)OCO2. The molecule has 1 amide bonds. The maximum Gasteiger partial charge on any atom is 0.231 e. The Morgan fingerprint density at radius 1 is 1.47 bits per heavy atom. The first-order valence-electron chi connectivity index (χ1n) is 5.43. The summed E-state index contributed by atoms with van der Waals surface area (Å²) >= 11 is 5.61. The summed E-state index contributed by atoms with van der Waals surface area (Å²) in [5, 5.41) is 2.82. The first-order chi connectivity index (χ1) is 8.20. The normalized spacial score (nSPS) is 14.5. The smallest absolute Gasteiger partial charge is 0.231 e. The van der Waals surface area contributed by atoms with Crippen LogP contribution in [0.2, 0.25) is 0 Å². The van der Waals surface area contributed by atoms with Crippen molar-refractivity contribution >= 4 is 17.5 Å². The molecule has 92 valence electrons. The highest BCUT2D eigenvalue weighted by atomic mass is 35.5. The lowest BCUT2D eigenvalue weighted by Crippen LogP contribution is -2.29. The average Bonchev–Trinajstić information content (AvgIpc) is 2.82. The number of carbonyl (C=O) groups excluding carboxylic acids is 1. The zero-order chi connectivity index (χ0) is 12.3. The molecule has 0 aromatic heterocycles. The number of fused-ring (bicyclic) bond motifs is 1. The van der Waals surface area contributed by atoms with E-state index in [4.69, 9.17) is 21.1 Å². The molecule has 1 aromatic rings. The molecule has 4 nitrogen and oxygen atoms in total. The molecule has 5 heteroatoms. The van der Waals surface area contributed by atoms with Crippen molar-refractivity contribution in [2.45, 2.75) is 13.5 Å². The van der Waals surface area contributed by atoms with Gasteiger partial charge >= 0.3 is 0 Å². The van der Waals surface area contributed by atoms with Crippen molar-refractivity contribution in [1.29, 1.82) is 0 Å². The van der Waals surface area contributed by atoms with Crippen LogP contribution in [0.4, 0.5) is 0 Å². The van der Waals surface area contributed by atoms with Crippen LogP contribution in [0.25, 0.3) is 0 Å². The Morgan fingerprint density at radius 2 is 2.24 bits per heavy atom. The molecule has 1 atom stereocenters. The fourth-order valence-electron chi connectivity index (χ4n) is 1.48. The molecule has 1 unspecified atom stereocenters. The van der Waals surface area contributed by atoms with Gasteiger partial charge in [-0.2, -0.15) is 0 Å². The van der Waals surface area contributed by atoms with Gasteiger partial charge in [0.1, 0.15) is 0 Å². The minimum Gasteiger partial charge on any atom is -0.454 e. The first-order valence-corrected chi connectivity index (χ1v) is 5.96. The fraction of sp³-hybridized carbons (Fsp3) is 0.417. The van der Waals surface area contributed by atoms with Crippen LogP contribution in [0.1, 0.15) is 12.5 Å². The van der Waals surface area contributed by atoms with Crippen LogP contribution in [0.5, 0.6) is 11.5 Å². The number of alkyl halides is 1. The molecule has 0 aliphatic carbocycles. The molecule has 1 aliphatic heterocycles. The Balaban J connectivity index is 1.93. The van der Waals surface area contributed by atoms with E-state index < -0.39 is 0 Å². The van der Waals surface area contributed by atoms with Crippen LogP contribution in [-0.4, -0.2) is 18.6 Å². The van der Waals surface area contributed by atoms with E-state index in [1.807, 2.05) is 18.2 Å². The molecular weight excluding hydrogens is 242 g/mol. The van der Waals surface area contributed by atoms with Gasteiger partial charge in [-0.15, -0.1) is 11.6 Å². The molecule has 0 spiro atoms. The summed E-state index contributed by atoms with van der Waals surface area (Å²) in [5.41, 5.74) is 0.976. The number of hydrogen-bond donors (Lipinski definition) is 1. The number of benzene rings is 1. The Morgan fingerprint density at radius 3 is 3.00 bits per heavy atom. The molecule has 0 bridgehead atoms. The van der Waals surface area contributed by atoms with Crippen molar-refractivity contribution in [2.24, 2.45) is 5.92 Å². The second kappa shape index (κ2) is 5.27. The van der Waals surface area contributed by atoms with E-state index in [1.165, 1.54) is 0 Å². The Bertz CT molecular complexity index is 422. The molecule has 0 radical (unpaired) electrons. The highest BCUT2D eigenvalue weighted by Crippen LogP contribution is 2.32. The highest BCUT2D eigenvalue weighted by molar-refractivity contribution is 6.19. The molecule has 1 aliphatic rings. The monoisotopic (exact) mass is 255 g/mol. The number of amides is 1. The van der Waals surface area contributed by atoms with E-state index in [1.54, 1.807) is 6.92 Å². The second-order valence-corrected chi connectivity index (χ2v) is 4.27. The minimum atomic E-state index is -0.175. The van der Waals surface area contributed by atoms with Crippen LogP contribution >= 0.6 is 11.6 Å². The van der Waals surface area contributed by atoms with Gasteiger partial charge in [-0.1, -0.05) is 13.0 Å². The third-order valence-corrected chi connectivity index (χ3v) is 3.05. The Hall–Kier alpha value is -1.42. The summed E-state index contributed by atoms with van der Waals surface area (Å²) in [6.45, 7) is 2.52. The van der Waals surface area contributed by atoms with Gasteiger partial charge in [-0.3, -0.25) is 4.79 Å². The van der Waals surface area contributed by atoms with E-state index in [0.29, 0.717) is 12.4 Å². The lowest BCUT2D eigenvalue weighted by molar-refractivity contribution is -0.124. The van der Waals surface area contributed by atoms with E-state index in [-0.39, 0.29) is 18.6 Å². The quantitative estimate of drug-likeness (QED) is 0.836. The molecule has 2 rings (SSSR count). The maximum absolute atomic E-state index is 11.5. The number of halogens is 1. The van der Waals surface area contributed by atoms with Crippen LogP contribution in [0.15, 0.2) is 18.2 Å². The summed E-state index contributed by atoms with van der Waals surface area (Å²) in [5.74, 6) is 1.58. The number of carbonyl (C=O) groups is 1. The van der Waals surface area contributed by atoms with E-state index in [9.17, 15) is 4.79 Å². The van der Waals surface area contributed by atoms with Crippen molar-refractivity contribution in [3.8, 4) is 11.5 Å². The Kier molecular flexibility index (Phi) is 3.74. The topological polar surface area (TPSA) is 47.6 Å². The van der Waals surface area contributed by atoms with Gasteiger partial charge in [0.15, 0.2) is 11.5 Å². The maximum atomic E-state index is 11.5. The lowest BCUT2D eigenvalue weighted by atomic mass is 10.1. The predicted octanol–water partition coefficient (Wildman–Crippen LogP) is 1.91. The molecule has 1 N–H and O–H groups in total. The average molecular weight is 256 g/mol. The number of rotatable bonds is 4. The number of ether oxygens (including phenoxy) is 2. The van der Waals surface area contributed by atoms with Crippen molar-refractivity contribution < 1.29 is 14.3 Å². The molecular formula is C12H14ClNO3. The van der Waals surface area contributed by atoms with Gasteiger partial charge in [0, 0.05) is 18.3 Å². The first kappa shape index (κ1) is 12.0. The van der Waals surface area contributed by atoms with E-state index >= 15 is 0 Å². The molecule has 0 fully saturated rings. The van der Waals surface area contributed by atoms with Crippen molar-refractivity contribution in [2.75, 3.05) is 12.7 Å². The Labute approximate surface area is 105 Å².